The molecule has 0 saturated heterocycles. The lowest BCUT2D eigenvalue weighted by atomic mass is 10.2. The molecule has 0 fully saturated rings. The van der Waals surface area contributed by atoms with Gasteiger partial charge >= 0.3 is 0 Å². The van der Waals surface area contributed by atoms with Crippen LogP contribution in [0.5, 0.6) is 0 Å². The van der Waals surface area contributed by atoms with Gasteiger partial charge in [0.1, 0.15) is 11.3 Å². The molecule has 3 nitrogen and oxygen atoms in total. The van der Waals surface area contributed by atoms with Crippen LogP contribution < -0.4 is 5.73 Å². The van der Waals surface area contributed by atoms with E-state index in [1.165, 1.54) is 4.88 Å². The van der Waals surface area contributed by atoms with E-state index >= 15 is 0 Å². The normalized spacial score (nSPS) is 11.2. The predicted molar refractivity (Wildman–Crippen MR) is 81.6 cm³/mol. The Morgan fingerprint density at radius 2 is 2.16 bits per heavy atom. The number of fused-ring (bicyclic) bond motifs is 1. The number of thiophene rings is 1. The fraction of sp³-hybridized carbons (Fsp3) is 0.267. The van der Waals surface area contributed by atoms with E-state index in [9.17, 15) is 0 Å². The van der Waals surface area contributed by atoms with Crippen LogP contribution in [-0.4, -0.2) is 9.55 Å². The Morgan fingerprint density at radius 1 is 1.26 bits per heavy atom. The predicted octanol–water partition coefficient (Wildman–Crippen LogP) is 3.68. The van der Waals surface area contributed by atoms with Crippen molar-refractivity contribution < 1.29 is 0 Å². The minimum atomic E-state index is 0.764. The molecular weight excluding hydrogens is 254 g/mol. The summed E-state index contributed by atoms with van der Waals surface area (Å²) in [4.78, 5) is 6.09. The Kier molecular flexibility index (Phi) is 3.25. The van der Waals surface area contributed by atoms with E-state index in [1.807, 2.05) is 12.1 Å². The molecule has 1 aromatic carbocycles. The summed E-state index contributed by atoms with van der Waals surface area (Å²) < 4.78 is 2.30. The number of hydrogen-bond donors (Lipinski definition) is 1. The largest absolute Gasteiger partial charge is 0.397 e. The second-order valence-electron chi connectivity index (χ2n) is 4.65. The fourth-order valence-electron chi connectivity index (χ4n) is 2.39. The summed E-state index contributed by atoms with van der Waals surface area (Å²) >= 11 is 1.77. The SMILES string of the molecule is CCCn1c(Cc2cccs2)nc2c(N)cccc21. The number of anilines is 1. The molecule has 3 aromatic rings. The summed E-state index contributed by atoms with van der Waals surface area (Å²) in [5, 5.41) is 2.11. The maximum Gasteiger partial charge on any atom is 0.115 e. The fourth-order valence-corrected chi connectivity index (χ4v) is 3.10. The van der Waals surface area contributed by atoms with Gasteiger partial charge in [-0.05, 0) is 30.0 Å². The number of nitrogen functional groups attached to an aromatic ring is 1. The molecule has 2 aromatic heterocycles. The van der Waals surface area contributed by atoms with Gasteiger partial charge in [0.05, 0.1) is 11.2 Å². The number of imidazole rings is 1. The van der Waals surface area contributed by atoms with Crippen molar-refractivity contribution in [3.05, 3.63) is 46.4 Å². The van der Waals surface area contributed by atoms with E-state index < -0.39 is 0 Å². The standard InChI is InChI=1S/C15H17N3S/c1-2-8-18-13-7-3-6-12(16)15(13)17-14(18)10-11-5-4-9-19-11/h3-7,9H,2,8,10,16H2,1H3. The summed E-state index contributed by atoms with van der Waals surface area (Å²) in [7, 11) is 0. The molecule has 0 aliphatic carbocycles. The first-order chi connectivity index (χ1) is 9.29. The molecule has 0 amide bonds. The van der Waals surface area contributed by atoms with Crippen LogP contribution in [0.3, 0.4) is 0 Å². The first kappa shape index (κ1) is 12.2. The average Bonchev–Trinajstić information content (AvgIpc) is 3.01. The minimum Gasteiger partial charge on any atom is -0.397 e. The Morgan fingerprint density at radius 3 is 2.89 bits per heavy atom. The zero-order valence-corrected chi connectivity index (χ0v) is 11.8. The van der Waals surface area contributed by atoms with E-state index in [0.29, 0.717) is 0 Å². The molecule has 0 unspecified atom stereocenters. The highest BCUT2D eigenvalue weighted by molar-refractivity contribution is 7.09. The van der Waals surface area contributed by atoms with Crippen molar-refractivity contribution >= 4 is 28.1 Å². The summed E-state index contributed by atoms with van der Waals surface area (Å²) in [5.41, 5.74) is 8.88. The molecule has 0 radical (unpaired) electrons. The molecule has 19 heavy (non-hydrogen) atoms. The van der Waals surface area contributed by atoms with Gasteiger partial charge in [0.25, 0.3) is 0 Å². The molecule has 0 bridgehead atoms. The third-order valence-corrected chi connectivity index (χ3v) is 4.13. The summed E-state index contributed by atoms with van der Waals surface area (Å²) in [6, 6.07) is 10.3. The number of para-hydroxylation sites is 1. The lowest BCUT2D eigenvalue weighted by Gasteiger charge is -2.06. The Hall–Kier alpha value is -1.81. The topological polar surface area (TPSA) is 43.8 Å². The number of hydrogen-bond acceptors (Lipinski definition) is 3. The zero-order chi connectivity index (χ0) is 13.2. The van der Waals surface area contributed by atoms with Crippen molar-refractivity contribution in [2.45, 2.75) is 26.3 Å². The number of nitrogens with zero attached hydrogens (tertiary/aromatic N) is 2. The number of benzene rings is 1. The lowest BCUT2D eigenvalue weighted by molar-refractivity contribution is 0.665. The van der Waals surface area contributed by atoms with E-state index in [1.54, 1.807) is 11.3 Å². The molecule has 4 heteroatoms. The van der Waals surface area contributed by atoms with Gasteiger partial charge in [-0.1, -0.05) is 19.1 Å². The smallest absolute Gasteiger partial charge is 0.115 e. The van der Waals surface area contributed by atoms with Gasteiger partial charge in [-0.2, -0.15) is 0 Å². The summed E-state index contributed by atoms with van der Waals surface area (Å²) in [6.45, 7) is 3.17. The molecule has 0 atom stereocenters. The molecular formula is C15H17N3S. The van der Waals surface area contributed by atoms with Crippen molar-refractivity contribution in [1.82, 2.24) is 9.55 Å². The van der Waals surface area contributed by atoms with Gasteiger partial charge in [-0.3, -0.25) is 0 Å². The zero-order valence-electron chi connectivity index (χ0n) is 11.0. The van der Waals surface area contributed by atoms with Crippen molar-refractivity contribution in [3.63, 3.8) is 0 Å². The number of nitrogens with two attached hydrogens (primary N) is 1. The molecule has 2 N–H and O–H groups in total. The van der Waals surface area contributed by atoms with Crippen LogP contribution in [0.4, 0.5) is 5.69 Å². The van der Waals surface area contributed by atoms with Gasteiger partial charge in [0, 0.05) is 17.8 Å². The summed E-state index contributed by atoms with van der Waals surface area (Å²) in [5.74, 6) is 1.11. The van der Waals surface area contributed by atoms with Crippen LogP contribution >= 0.6 is 11.3 Å². The molecule has 0 spiro atoms. The highest BCUT2D eigenvalue weighted by Crippen LogP contribution is 2.24. The van der Waals surface area contributed by atoms with Crippen LogP contribution in [0, 0.1) is 0 Å². The van der Waals surface area contributed by atoms with Crippen molar-refractivity contribution in [3.8, 4) is 0 Å². The van der Waals surface area contributed by atoms with E-state index in [0.717, 1.165) is 41.9 Å². The van der Waals surface area contributed by atoms with Crippen LogP contribution in [0.1, 0.15) is 24.0 Å². The van der Waals surface area contributed by atoms with Gasteiger partial charge in [0.2, 0.25) is 0 Å². The Bertz CT molecular complexity index is 683. The van der Waals surface area contributed by atoms with Gasteiger partial charge in [-0.15, -0.1) is 11.3 Å². The molecule has 3 rings (SSSR count). The molecule has 98 valence electrons. The third kappa shape index (κ3) is 2.24. The van der Waals surface area contributed by atoms with Crippen molar-refractivity contribution in [2.24, 2.45) is 0 Å². The van der Waals surface area contributed by atoms with Gasteiger partial charge in [-0.25, -0.2) is 4.98 Å². The second kappa shape index (κ2) is 5.05. The first-order valence-electron chi connectivity index (χ1n) is 6.55. The quantitative estimate of drug-likeness (QED) is 0.736. The number of rotatable bonds is 4. The van der Waals surface area contributed by atoms with Gasteiger partial charge < -0.3 is 10.3 Å². The average molecular weight is 271 g/mol. The molecule has 0 saturated carbocycles. The van der Waals surface area contributed by atoms with Crippen LogP contribution in [0.25, 0.3) is 11.0 Å². The van der Waals surface area contributed by atoms with E-state index in [-0.39, 0.29) is 0 Å². The first-order valence-corrected chi connectivity index (χ1v) is 7.43. The second-order valence-corrected chi connectivity index (χ2v) is 5.68. The summed E-state index contributed by atoms with van der Waals surface area (Å²) in [6.07, 6.45) is 1.98. The van der Waals surface area contributed by atoms with Crippen LogP contribution in [0.15, 0.2) is 35.7 Å². The maximum absolute atomic E-state index is 6.03. The number of aromatic nitrogens is 2. The monoisotopic (exact) mass is 271 g/mol. The Labute approximate surface area is 116 Å². The third-order valence-electron chi connectivity index (χ3n) is 3.25. The molecule has 2 heterocycles. The van der Waals surface area contributed by atoms with E-state index in [2.05, 4.69) is 35.1 Å². The minimum absolute atomic E-state index is 0.764. The number of aryl methyl sites for hydroxylation is 1. The van der Waals surface area contributed by atoms with Crippen molar-refractivity contribution in [2.75, 3.05) is 5.73 Å². The lowest BCUT2D eigenvalue weighted by Crippen LogP contribution is -2.03. The highest BCUT2D eigenvalue weighted by atomic mass is 32.1. The highest BCUT2D eigenvalue weighted by Gasteiger charge is 2.12. The van der Waals surface area contributed by atoms with Crippen LogP contribution in [-0.2, 0) is 13.0 Å². The van der Waals surface area contributed by atoms with E-state index in [4.69, 9.17) is 10.7 Å². The molecule has 0 aliphatic rings. The van der Waals surface area contributed by atoms with Crippen molar-refractivity contribution in [1.29, 1.82) is 0 Å². The van der Waals surface area contributed by atoms with Crippen LogP contribution in [0.2, 0.25) is 0 Å². The molecule has 0 aliphatic heterocycles. The Balaban J connectivity index is 2.11. The van der Waals surface area contributed by atoms with Gasteiger partial charge in [0.15, 0.2) is 0 Å². The maximum atomic E-state index is 6.03.